The predicted molar refractivity (Wildman–Crippen MR) is 73.8 cm³/mol. The van der Waals surface area contributed by atoms with Gasteiger partial charge in [-0.3, -0.25) is 4.21 Å². The smallest absolute Gasteiger partial charge is 0.326 e. The van der Waals surface area contributed by atoms with Gasteiger partial charge in [-0.2, -0.15) is 0 Å². The molecule has 0 aliphatic carbocycles. The molecule has 0 spiro atoms. The maximum absolute atomic E-state index is 11.6. The van der Waals surface area contributed by atoms with Crippen molar-refractivity contribution >= 4 is 22.8 Å². The van der Waals surface area contributed by atoms with Crippen LogP contribution in [-0.4, -0.2) is 55.4 Å². The number of nitrogens with one attached hydrogen (secondary N) is 3. The molecule has 4 N–H and O–H groups in total. The van der Waals surface area contributed by atoms with E-state index in [1.807, 2.05) is 0 Å². The van der Waals surface area contributed by atoms with Crippen molar-refractivity contribution < 1.29 is 18.9 Å². The van der Waals surface area contributed by atoms with E-state index in [0.29, 0.717) is 5.69 Å². The van der Waals surface area contributed by atoms with Crippen LogP contribution in [0.2, 0.25) is 0 Å². The molecular formula is C11H18N4O4S. The number of imidazole rings is 1. The van der Waals surface area contributed by atoms with Crippen LogP contribution in [0.15, 0.2) is 12.5 Å². The Labute approximate surface area is 118 Å². The number of hydrogen-bond donors (Lipinski definition) is 4. The van der Waals surface area contributed by atoms with Crippen molar-refractivity contribution in [2.24, 2.45) is 0 Å². The first-order valence-electron chi connectivity index (χ1n) is 5.96. The van der Waals surface area contributed by atoms with E-state index in [2.05, 4.69) is 20.6 Å². The summed E-state index contributed by atoms with van der Waals surface area (Å²) in [6.45, 7) is 1.95. The molecule has 1 aromatic heterocycles. The number of nitrogens with zero attached hydrogens (tertiary/aromatic N) is 1. The molecule has 0 radical (unpaired) electrons. The summed E-state index contributed by atoms with van der Waals surface area (Å²) in [7, 11) is -1.05. The fourth-order valence-electron chi connectivity index (χ4n) is 1.38. The zero-order chi connectivity index (χ0) is 15.1. The molecule has 20 heavy (non-hydrogen) atoms. The van der Waals surface area contributed by atoms with E-state index in [0.717, 1.165) is 0 Å². The van der Waals surface area contributed by atoms with Crippen molar-refractivity contribution in [2.45, 2.75) is 24.6 Å². The Morgan fingerprint density at radius 1 is 1.55 bits per heavy atom. The minimum absolute atomic E-state index is 0.109. The highest BCUT2D eigenvalue weighted by atomic mass is 32.2. The lowest BCUT2D eigenvalue weighted by Gasteiger charge is -2.15. The summed E-state index contributed by atoms with van der Waals surface area (Å²) in [5.41, 5.74) is 0.612. The summed E-state index contributed by atoms with van der Waals surface area (Å²) in [5.74, 6) is -1.14. The number of aliphatic carboxylic acids is 1. The summed E-state index contributed by atoms with van der Waals surface area (Å²) in [4.78, 5) is 29.2. The zero-order valence-electron chi connectivity index (χ0n) is 11.3. The molecule has 1 rings (SSSR count). The highest BCUT2D eigenvalue weighted by Gasteiger charge is 2.21. The average Bonchev–Trinajstić information content (AvgIpc) is 2.87. The highest BCUT2D eigenvalue weighted by Crippen LogP contribution is 1.99. The van der Waals surface area contributed by atoms with Gasteiger partial charge >= 0.3 is 12.0 Å². The number of carboxylic acids is 1. The first-order valence-corrected chi connectivity index (χ1v) is 7.59. The topological polar surface area (TPSA) is 124 Å². The average molecular weight is 302 g/mol. The number of urea groups is 1. The molecule has 0 bridgehead atoms. The van der Waals surface area contributed by atoms with Crippen LogP contribution in [0.25, 0.3) is 0 Å². The Kier molecular flexibility index (Phi) is 6.16. The Morgan fingerprint density at radius 3 is 2.75 bits per heavy atom. The van der Waals surface area contributed by atoms with Gasteiger partial charge in [0.15, 0.2) is 0 Å². The van der Waals surface area contributed by atoms with E-state index in [-0.39, 0.29) is 18.2 Å². The van der Waals surface area contributed by atoms with E-state index in [1.54, 1.807) is 13.2 Å². The van der Waals surface area contributed by atoms with Crippen LogP contribution in [0.1, 0.15) is 12.6 Å². The molecule has 0 aliphatic rings. The molecule has 9 heteroatoms. The van der Waals surface area contributed by atoms with Crippen molar-refractivity contribution in [1.29, 1.82) is 0 Å². The second-order valence-corrected chi connectivity index (χ2v) is 6.14. The first-order chi connectivity index (χ1) is 9.40. The van der Waals surface area contributed by atoms with Crippen LogP contribution in [0.5, 0.6) is 0 Å². The third kappa shape index (κ3) is 5.39. The fraction of sp³-hybridized carbons (Fsp3) is 0.545. The number of rotatable bonds is 7. The minimum Gasteiger partial charge on any atom is -0.480 e. The van der Waals surface area contributed by atoms with Crippen LogP contribution in [0, 0.1) is 0 Å². The van der Waals surface area contributed by atoms with Gasteiger partial charge in [0.1, 0.15) is 6.04 Å². The number of carbonyl (C=O) groups is 2. The second-order valence-electron chi connectivity index (χ2n) is 4.34. The molecule has 3 atom stereocenters. The van der Waals surface area contributed by atoms with Crippen LogP contribution in [-0.2, 0) is 22.0 Å². The van der Waals surface area contributed by atoms with Gasteiger partial charge in [-0.25, -0.2) is 14.6 Å². The Morgan fingerprint density at radius 2 is 2.25 bits per heavy atom. The van der Waals surface area contributed by atoms with E-state index in [1.165, 1.54) is 12.5 Å². The Hall–Kier alpha value is -1.90. The van der Waals surface area contributed by atoms with Crippen molar-refractivity contribution in [2.75, 3.05) is 12.8 Å². The second kappa shape index (κ2) is 7.63. The molecule has 0 saturated carbocycles. The molecular weight excluding hydrogens is 284 g/mol. The predicted octanol–water partition coefficient (Wildman–Crippen LogP) is -0.528. The van der Waals surface area contributed by atoms with Crippen molar-refractivity contribution in [3.8, 4) is 0 Å². The summed E-state index contributed by atoms with van der Waals surface area (Å²) in [6.07, 6.45) is 4.59. The molecule has 8 nitrogen and oxygen atoms in total. The lowest BCUT2D eigenvalue weighted by molar-refractivity contribution is -0.139. The number of carbonyl (C=O) groups excluding carboxylic acids is 1. The van der Waals surface area contributed by atoms with Gasteiger partial charge in [0, 0.05) is 47.2 Å². The Balaban J connectivity index is 2.47. The van der Waals surface area contributed by atoms with Gasteiger partial charge in [0.25, 0.3) is 0 Å². The fourth-order valence-corrected chi connectivity index (χ4v) is 1.70. The number of hydrogen-bond acceptors (Lipinski definition) is 4. The molecule has 1 heterocycles. The first kappa shape index (κ1) is 16.2. The number of aromatic nitrogens is 2. The molecule has 112 valence electrons. The summed E-state index contributed by atoms with van der Waals surface area (Å²) in [5, 5.41) is 13.7. The zero-order valence-corrected chi connectivity index (χ0v) is 12.1. The van der Waals surface area contributed by atoms with Gasteiger partial charge in [0.05, 0.1) is 6.33 Å². The van der Waals surface area contributed by atoms with Gasteiger partial charge in [0.2, 0.25) is 0 Å². The molecule has 0 aliphatic heterocycles. The largest absolute Gasteiger partial charge is 0.480 e. The van der Waals surface area contributed by atoms with E-state index >= 15 is 0 Å². The van der Waals surface area contributed by atoms with Crippen LogP contribution in [0.4, 0.5) is 4.79 Å². The van der Waals surface area contributed by atoms with Crippen LogP contribution >= 0.6 is 0 Å². The molecule has 3 unspecified atom stereocenters. The van der Waals surface area contributed by atoms with E-state index in [9.17, 15) is 13.8 Å². The number of H-pyrrole nitrogens is 1. The summed E-state index contributed by atoms with van der Waals surface area (Å²) < 4.78 is 11.1. The van der Waals surface area contributed by atoms with Crippen LogP contribution < -0.4 is 10.6 Å². The summed E-state index contributed by atoms with van der Waals surface area (Å²) in [6, 6.07) is -1.66. The minimum atomic E-state index is -1.14. The van der Waals surface area contributed by atoms with Gasteiger partial charge < -0.3 is 20.7 Å². The maximum Gasteiger partial charge on any atom is 0.326 e. The summed E-state index contributed by atoms with van der Waals surface area (Å²) >= 11 is 0. The van der Waals surface area contributed by atoms with E-state index < -0.39 is 28.8 Å². The normalized spacial score (nSPS) is 15.1. The SMILES string of the molecule is CC(CNC(=O)NC(Cc1cnc[nH]1)C(=O)O)S(C)=O. The quantitative estimate of drug-likeness (QED) is 0.539. The lowest BCUT2D eigenvalue weighted by Crippen LogP contribution is -2.48. The Bertz CT molecular complexity index is 477. The molecule has 0 fully saturated rings. The van der Waals surface area contributed by atoms with Crippen molar-refractivity contribution in [1.82, 2.24) is 20.6 Å². The number of aromatic amines is 1. The molecule has 1 aromatic rings. The standard InChI is InChI=1S/C11H18N4O4S/c1-7(20(2)19)4-13-11(18)15-9(10(16)17)3-8-5-12-6-14-8/h5-7,9H,3-4H2,1-2H3,(H,12,14)(H,16,17)(H2,13,15,18). The maximum atomic E-state index is 11.6. The highest BCUT2D eigenvalue weighted by molar-refractivity contribution is 7.84. The van der Waals surface area contributed by atoms with Gasteiger partial charge in [-0.15, -0.1) is 0 Å². The lowest BCUT2D eigenvalue weighted by atomic mass is 10.2. The molecule has 2 amide bonds. The monoisotopic (exact) mass is 302 g/mol. The molecule has 0 aromatic carbocycles. The van der Waals surface area contributed by atoms with E-state index in [4.69, 9.17) is 5.11 Å². The van der Waals surface area contributed by atoms with Gasteiger partial charge in [-0.1, -0.05) is 0 Å². The van der Waals surface area contributed by atoms with Crippen LogP contribution in [0.3, 0.4) is 0 Å². The molecule has 0 saturated heterocycles. The third-order valence-electron chi connectivity index (χ3n) is 2.70. The number of amides is 2. The number of carboxylic acid groups (broad SMARTS) is 1. The third-order valence-corrected chi connectivity index (χ3v) is 4.00. The van der Waals surface area contributed by atoms with Crippen molar-refractivity contribution in [3.63, 3.8) is 0 Å². The van der Waals surface area contributed by atoms with Crippen molar-refractivity contribution in [3.05, 3.63) is 18.2 Å². The van der Waals surface area contributed by atoms with Gasteiger partial charge in [-0.05, 0) is 6.92 Å².